The van der Waals surface area contributed by atoms with Crippen LogP contribution in [0.3, 0.4) is 0 Å². The van der Waals surface area contributed by atoms with Crippen molar-refractivity contribution < 1.29 is 29.3 Å². The number of rotatable bonds is 3. The smallest absolute Gasteiger partial charge is 0.417 e. The molecule has 8 atom stereocenters. The fourth-order valence-electron chi connectivity index (χ4n) is 8.28. The molecule has 1 aromatic carbocycles. The van der Waals surface area contributed by atoms with Crippen LogP contribution >= 0.6 is 0 Å². The molecule has 37 heavy (non-hydrogen) atoms. The molecule has 3 saturated carbocycles. The molecule has 7 heteroatoms. The van der Waals surface area contributed by atoms with E-state index >= 15 is 0 Å². The number of aliphatic hydroxyl groups excluding tert-OH is 2. The summed E-state index contributed by atoms with van der Waals surface area (Å²) in [5, 5.41) is 21.1. The third kappa shape index (κ3) is 3.57. The van der Waals surface area contributed by atoms with E-state index in [0.29, 0.717) is 29.5 Å². The van der Waals surface area contributed by atoms with E-state index in [-0.39, 0.29) is 42.1 Å². The van der Waals surface area contributed by atoms with Gasteiger partial charge >= 0.3 is 6.09 Å². The zero-order chi connectivity index (χ0) is 26.9. The Morgan fingerprint density at radius 1 is 1.24 bits per heavy atom. The van der Waals surface area contributed by atoms with Gasteiger partial charge < -0.3 is 14.9 Å². The summed E-state index contributed by atoms with van der Waals surface area (Å²) in [5.74, 6) is -0.572. The topological polar surface area (TPSA) is 104 Å². The van der Waals surface area contributed by atoms with E-state index < -0.39 is 35.0 Å². The number of carbonyl (C=O) groups is 3. The number of fused-ring (bicyclic) bond motifs is 1. The number of imide groups is 1. The Labute approximate surface area is 218 Å². The van der Waals surface area contributed by atoms with E-state index in [9.17, 15) is 24.6 Å². The van der Waals surface area contributed by atoms with E-state index in [1.807, 2.05) is 6.92 Å². The number of aliphatic hydroxyl groups is 2. The summed E-state index contributed by atoms with van der Waals surface area (Å²) in [7, 11) is 0. The Bertz CT molecular complexity index is 1160. The Morgan fingerprint density at radius 2 is 1.97 bits per heavy atom. The number of carbonyl (C=O) groups excluding carboxylic acids is 3. The van der Waals surface area contributed by atoms with E-state index in [2.05, 4.69) is 27.4 Å². The molecule has 2 N–H and O–H groups in total. The summed E-state index contributed by atoms with van der Waals surface area (Å²) < 4.78 is 6.27. The Hall–Kier alpha value is -2.51. The molecule has 0 radical (unpaired) electrons. The normalized spacial score (nSPS) is 41.0. The lowest BCUT2D eigenvalue weighted by Crippen LogP contribution is -2.63. The van der Waals surface area contributed by atoms with Crippen LogP contribution in [0.4, 0.5) is 4.79 Å². The number of nitrogens with zero attached hydrogens (tertiary/aromatic N) is 1. The summed E-state index contributed by atoms with van der Waals surface area (Å²) in [5.41, 5.74) is -0.0252. The number of amides is 2. The van der Waals surface area contributed by atoms with Crippen molar-refractivity contribution in [1.29, 1.82) is 0 Å². The largest absolute Gasteiger partial charge is 0.445 e. The fourth-order valence-corrected chi connectivity index (χ4v) is 8.28. The Kier molecular flexibility index (Phi) is 6.19. The van der Waals surface area contributed by atoms with Crippen molar-refractivity contribution >= 4 is 17.8 Å². The zero-order valence-electron chi connectivity index (χ0n) is 22.3. The number of hydrogen-bond acceptors (Lipinski definition) is 6. The molecule has 1 heterocycles. The van der Waals surface area contributed by atoms with Crippen LogP contribution < -0.4 is 0 Å². The third-order valence-corrected chi connectivity index (χ3v) is 10.9. The first kappa shape index (κ1) is 26.1. The van der Waals surface area contributed by atoms with Gasteiger partial charge in [-0.2, -0.15) is 0 Å². The summed E-state index contributed by atoms with van der Waals surface area (Å²) in [6, 6.07) is 5.11. The summed E-state index contributed by atoms with van der Waals surface area (Å²) in [6.07, 6.45) is 2.87. The fraction of sp³-hybridized carbons (Fsp3) is 0.633. The highest BCUT2D eigenvalue weighted by atomic mass is 16.6. The Balaban J connectivity index is 1.54. The van der Waals surface area contributed by atoms with Gasteiger partial charge in [0.1, 0.15) is 11.9 Å². The quantitative estimate of drug-likeness (QED) is 0.576. The first-order valence-electron chi connectivity index (χ1n) is 13.5. The van der Waals surface area contributed by atoms with Crippen molar-refractivity contribution in [3.05, 3.63) is 47.5 Å². The third-order valence-electron chi connectivity index (χ3n) is 10.9. The highest BCUT2D eigenvalue weighted by Gasteiger charge is 2.68. The first-order valence-corrected chi connectivity index (χ1v) is 13.5. The molecule has 1 unspecified atom stereocenters. The summed E-state index contributed by atoms with van der Waals surface area (Å²) in [4.78, 5) is 41.5. The van der Waals surface area contributed by atoms with Crippen molar-refractivity contribution in [3.63, 3.8) is 0 Å². The van der Waals surface area contributed by atoms with E-state index in [4.69, 9.17) is 4.74 Å². The van der Waals surface area contributed by atoms with Gasteiger partial charge in [-0.1, -0.05) is 45.9 Å². The summed E-state index contributed by atoms with van der Waals surface area (Å²) >= 11 is 0. The minimum absolute atomic E-state index is 0.0996. The maximum absolute atomic E-state index is 13.6. The van der Waals surface area contributed by atoms with Crippen LogP contribution in [0.15, 0.2) is 30.9 Å². The van der Waals surface area contributed by atoms with Crippen molar-refractivity contribution in [2.45, 2.75) is 85.2 Å². The lowest BCUT2D eigenvalue weighted by molar-refractivity contribution is -0.192. The van der Waals surface area contributed by atoms with Crippen LogP contribution in [0.1, 0.15) is 81.3 Å². The highest BCUT2D eigenvalue weighted by molar-refractivity contribution is 6.06. The molecule has 7 nitrogen and oxygen atoms in total. The van der Waals surface area contributed by atoms with Gasteiger partial charge in [0, 0.05) is 28.7 Å². The second-order valence-electron chi connectivity index (χ2n) is 12.5. The summed E-state index contributed by atoms with van der Waals surface area (Å²) in [6.45, 7) is 12.2. The van der Waals surface area contributed by atoms with Gasteiger partial charge in [-0.05, 0) is 60.1 Å². The van der Waals surface area contributed by atoms with Crippen molar-refractivity contribution in [2.24, 2.45) is 34.0 Å². The van der Waals surface area contributed by atoms with Gasteiger partial charge in [0.2, 0.25) is 0 Å². The van der Waals surface area contributed by atoms with Gasteiger partial charge in [0.05, 0.1) is 19.3 Å². The number of hydrogen-bond donors (Lipinski definition) is 2. The molecule has 3 fully saturated rings. The molecule has 0 aromatic heterocycles. The van der Waals surface area contributed by atoms with Gasteiger partial charge in [-0.15, -0.1) is 6.58 Å². The standard InChI is InChI=1S/C30H39NO6/c1-6-28(4)14-23(37-27(36)31-15-20-8-7-19(16-32)13-21(20)26(31)35)29(5)17(2)9-11-30(18(3)25(28)34)12-10-22(33)24(29)30/h6-8,13,17-18,23-25,32,34H,1,9-12,14-16H2,2-5H3/t17-,18+,23-,24?,25+,28-,29+,30+/m1/s1. The zero-order valence-corrected chi connectivity index (χ0v) is 22.3. The van der Waals surface area contributed by atoms with Gasteiger partial charge in [-0.25, -0.2) is 9.69 Å². The minimum Gasteiger partial charge on any atom is -0.445 e. The van der Waals surface area contributed by atoms with Crippen LogP contribution in [0.5, 0.6) is 0 Å². The van der Waals surface area contributed by atoms with Crippen LogP contribution in [-0.2, 0) is 22.7 Å². The van der Waals surface area contributed by atoms with Crippen molar-refractivity contribution in [1.82, 2.24) is 4.90 Å². The number of ketones is 1. The van der Waals surface area contributed by atoms with Gasteiger partial charge in [0.15, 0.2) is 0 Å². The molecule has 1 aromatic rings. The predicted octanol–water partition coefficient (Wildman–Crippen LogP) is 4.63. The van der Waals surface area contributed by atoms with Crippen LogP contribution in [-0.4, -0.2) is 45.1 Å². The average molecular weight is 510 g/mol. The monoisotopic (exact) mass is 509 g/mol. The maximum atomic E-state index is 13.6. The van der Waals surface area contributed by atoms with Crippen LogP contribution in [0.25, 0.3) is 0 Å². The molecule has 0 spiro atoms. The molecule has 200 valence electrons. The average Bonchev–Trinajstić information content (AvgIpc) is 3.41. The lowest BCUT2D eigenvalue weighted by Gasteiger charge is -2.61. The second kappa shape index (κ2) is 8.77. The van der Waals surface area contributed by atoms with Crippen LogP contribution in [0.2, 0.25) is 0 Å². The Morgan fingerprint density at radius 3 is 2.65 bits per heavy atom. The highest BCUT2D eigenvalue weighted by Crippen LogP contribution is 2.68. The van der Waals surface area contributed by atoms with Crippen LogP contribution in [0, 0.1) is 34.0 Å². The van der Waals surface area contributed by atoms with Gasteiger partial charge in [0.25, 0.3) is 5.91 Å². The second-order valence-corrected chi connectivity index (χ2v) is 12.5. The van der Waals surface area contributed by atoms with Crippen molar-refractivity contribution in [3.8, 4) is 0 Å². The van der Waals surface area contributed by atoms with E-state index in [0.717, 1.165) is 24.2 Å². The molecule has 5 rings (SSSR count). The van der Waals surface area contributed by atoms with Crippen molar-refractivity contribution in [2.75, 3.05) is 0 Å². The predicted molar refractivity (Wildman–Crippen MR) is 137 cm³/mol. The molecule has 2 bridgehead atoms. The van der Waals surface area contributed by atoms with E-state index in [1.165, 1.54) is 0 Å². The number of ether oxygens (including phenoxy) is 1. The molecule has 1 aliphatic heterocycles. The SMILES string of the molecule is C=C[C@]1(C)C[C@@H](OC(=O)N2Cc3ccc(CO)cc3C2=O)[C@@]2(C)C3C(=O)CC[C@@]3(CC[C@H]2C)[C@@H](C)[C@@H]1O. The molecular weight excluding hydrogens is 470 g/mol. The molecule has 4 aliphatic rings. The maximum Gasteiger partial charge on any atom is 0.417 e. The first-order chi connectivity index (χ1) is 17.4. The number of benzene rings is 1. The van der Waals surface area contributed by atoms with Gasteiger partial charge in [-0.3, -0.25) is 9.59 Å². The lowest BCUT2D eigenvalue weighted by atomic mass is 9.44. The molecular formula is C30H39NO6. The number of Topliss-reactive ketones (excluding diaryl/α,β-unsaturated/α-hetero) is 1. The van der Waals surface area contributed by atoms with E-state index in [1.54, 1.807) is 24.3 Å². The minimum atomic E-state index is -0.743. The molecule has 2 amide bonds. The molecule has 3 aliphatic carbocycles. The molecule has 0 saturated heterocycles.